The van der Waals surface area contributed by atoms with Crippen molar-refractivity contribution in [3.8, 4) is 11.6 Å². The molecule has 0 saturated heterocycles. The molecule has 1 aromatic heterocycles. The predicted octanol–water partition coefficient (Wildman–Crippen LogP) is 3.81. The molecule has 2 aromatic rings. The number of nitrogens with two attached hydrogens (primary N) is 1. The summed E-state index contributed by atoms with van der Waals surface area (Å²) in [5, 5.41) is 0.559. The number of hydrogen-bond donors (Lipinski definition) is 1. The number of rotatable bonds is 3. The van der Waals surface area contributed by atoms with E-state index in [1.807, 2.05) is 13.8 Å². The fourth-order valence-electron chi connectivity index (χ4n) is 1.82. The van der Waals surface area contributed by atoms with Crippen molar-refractivity contribution in [3.63, 3.8) is 0 Å². The van der Waals surface area contributed by atoms with Crippen molar-refractivity contribution in [2.24, 2.45) is 0 Å². The molecule has 0 amide bonds. The molecular formula is C14H15Cl2N3O2. The Morgan fingerprint density at radius 3 is 2.38 bits per heavy atom. The van der Waals surface area contributed by atoms with Gasteiger partial charge in [0.1, 0.15) is 5.69 Å². The molecule has 0 bridgehead atoms. The van der Waals surface area contributed by atoms with Crippen LogP contribution in [0.15, 0.2) is 23.1 Å². The Bertz CT molecular complexity index is 718. The van der Waals surface area contributed by atoms with E-state index in [1.165, 1.54) is 22.9 Å². The van der Waals surface area contributed by atoms with E-state index in [-0.39, 0.29) is 33.3 Å². The molecule has 0 spiro atoms. The zero-order chi connectivity index (χ0) is 15.7. The fourth-order valence-corrected chi connectivity index (χ4v) is 2.40. The van der Waals surface area contributed by atoms with E-state index in [4.69, 9.17) is 33.7 Å². The average molecular weight is 328 g/mol. The van der Waals surface area contributed by atoms with E-state index < -0.39 is 0 Å². The second kappa shape index (κ2) is 5.95. The number of anilines is 1. The molecule has 5 nitrogen and oxygen atoms in total. The van der Waals surface area contributed by atoms with E-state index in [2.05, 4.69) is 4.98 Å². The zero-order valence-electron chi connectivity index (χ0n) is 11.9. The minimum absolute atomic E-state index is 0.0149. The number of aryl methyl sites for hydroxylation is 1. The summed E-state index contributed by atoms with van der Waals surface area (Å²) in [4.78, 5) is 16.1. The highest BCUT2D eigenvalue weighted by Gasteiger charge is 2.14. The summed E-state index contributed by atoms with van der Waals surface area (Å²) in [5.74, 6) is 0.503. The highest BCUT2D eigenvalue weighted by Crippen LogP contribution is 2.37. The van der Waals surface area contributed by atoms with Gasteiger partial charge in [-0.1, -0.05) is 23.2 Å². The standard InChI is InChI=1S/C14H15Cl2N3O2/c1-7(2)19-6-12(18-8(3)14(19)20)21-13-10(15)4-9(17)5-11(13)16/h4-7H,17H2,1-3H3. The largest absolute Gasteiger partial charge is 0.434 e. The minimum Gasteiger partial charge on any atom is -0.434 e. The molecular weight excluding hydrogens is 313 g/mol. The lowest BCUT2D eigenvalue weighted by atomic mass is 10.3. The molecule has 0 aliphatic rings. The van der Waals surface area contributed by atoms with Gasteiger partial charge in [0.25, 0.3) is 5.56 Å². The van der Waals surface area contributed by atoms with Crippen LogP contribution in [0.25, 0.3) is 0 Å². The minimum atomic E-state index is -0.160. The monoisotopic (exact) mass is 327 g/mol. The van der Waals surface area contributed by atoms with Crippen molar-refractivity contribution < 1.29 is 4.74 Å². The Morgan fingerprint density at radius 1 is 1.29 bits per heavy atom. The number of ether oxygens (including phenoxy) is 1. The average Bonchev–Trinajstić information content (AvgIpc) is 2.37. The predicted molar refractivity (Wildman–Crippen MR) is 84.6 cm³/mol. The second-order valence-electron chi connectivity index (χ2n) is 4.89. The van der Waals surface area contributed by atoms with Crippen LogP contribution in [0.1, 0.15) is 25.6 Å². The number of benzene rings is 1. The first-order chi connectivity index (χ1) is 9.79. The molecule has 21 heavy (non-hydrogen) atoms. The molecule has 0 aliphatic heterocycles. The first kappa shape index (κ1) is 15.7. The Labute approximate surface area is 132 Å². The topological polar surface area (TPSA) is 70.1 Å². The van der Waals surface area contributed by atoms with E-state index in [1.54, 1.807) is 6.92 Å². The van der Waals surface area contributed by atoms with Gasteiger partial charge in [-0.05, 0) is 32.9 Å². The first-order valence-electron chi connectivity index (χ1n) is 6.31. The van der Waals surface area contributed by atoms with Crippen LogP contribution in [0.4, 0.5) is 5.69 Å². The lowest BCUT2D eigenvalue weighted by Crippen LogP contribution is -2.24. The number of halogens is 2. The third-order valence-corrected chi connectivity index (χ3v) is 3.42. The smallest absolute Gasteiger partial charge is 0.272 e. The fraction of sp³-hybridized carbons (Fsp3) is 0.286. The van der Waals surface area contributed by atoms with Crippen LogP contribution in [-0.4, -0.2) is 9.55 Å². The van der Waals surface area contributed by atoms with E-state index in [0.29, 0.717) is 11.4 Å². The van der Waals surface area contributed by atoms with Crippen molar-refractivity contribution in [1.82, 2.24) is 9.55 Å². The van der Waals surface area contributed by atoms with Gasteiger partial charge < -0.3 is 15.0 Å². The molecule has 112 valence electrons. The third kappa shape index (κ3) is 3.31. The number of nitrogen functional groups attached to an aromatic ring is 1. The zero-order valence-corrected chi connectivity index (χ0v) is 13.4. The Balaban J connectivity index is 2.48. The summed E-state index contributed by atoms with van der Waals surface area (Å²) in [7, 11) is 0. The second-order valence-corrected chi connectivity index (χ2v) is 5.70. The van der Waals surface area contributed by atoms with E-state index in [9.17, 15) is 4.79 Å². The molecule has 2 rings (SSSR count). The summed E-state index contributed by atoms with van der Waals surface area (Å²) in [6.07, 6.45) is 1.53. The maximum Gasteiger partial charge on any atom is 0.272 e. The Hall–Kier alpha value is -1.72. The summed E-state index contributed by atoms with van der Waals surface area (Å²) in [6.45, 7) is 5.42. The number of aromatic nitrogens is 2. The van der Waals surface area contributed by atoms with E-state index in [0.717, 1.165) is 0 Å². The third-order valence-electron chi connectivity index (χ3n) is 2.86. The van der Waals surface area contributed by atoms with Crippen LogP contribution < -0.4 is 16.0 Å². The molecule has 2 N–H and O–H groups in total. The maximum atomic E-state index is 12.0. The van der Waals surface area contributed by atoms with Crippen LogP contribution in [0.5, 0.6) is 11.6 Å². The van der Waals surface area contributed by atoms with Crippen LogP contribution >= 0.6 is 23.2 Å². The molecule has 0 atom stereocenters. The van der Waals surface area contributed by atoms with Crippen molar-refractivity contribution in [2.45, 2.75) is 26.8 Å². The summed E-state index contributed by atoms with van der Waals surface area (Å²) >= 11 is 12.1. The summed E-state index contributed by atoms with van der Waals surface area (Å²) < 4.78 is 7.17. The summed E-state index contributed by atoms with van der Waals surface area (Å²) in [5.41, 5.74) is 6.26. The molecule has 0 saturated carbocycles. The molecule has 1 aromatic carbocycles. The lowest BCUT2D eigenvalue weighted by Gasteiger charge is -2.14. The first-order valence-corrected chi connectivity index (χ1v) is 7.07. The number of nitrogens with zero attached hydrogens (tertiary/aromatic N) is 2. The Morgan fingerprint density at radius 2 is 1.86 bits per heavy atom. The molecule has 0 fully saturated rings. The molecule has 0 aliphatic carbocycles. The quantitative estimate of drug-likeness (QED) is 0.870. The number of hydrogen-bond acceptors (Lipinski definition) is 4. The van der Waals surface area contributed by atoms with Crippen molar-refractivity contribution in [3.05, 3.63) is 44.4 Å². The van der Waals surface area contributed by atoms with Gasteiger partial charge in [0.05, 0.1) is 16.2 Å². The van der Waals surface area contributed by atoms with Crippen LogP contribution in [0.3, 0.4) is 0 Å². The molecule has 0 unspecified atom stereocenters. The summed E-state index contributed by atoms with van der Waals surface area (Å²) in [6, 6.07) is 3.06. The van der Waals surface area contributed by atoms with Crippen molar-refractivity contribution >= 4 is 28.9 Å². The molecule has 0 radical (unpaired) electrons. The van der Waals surface area contributed by atoms with Crippen LogP contribution in [0, 0.1) is 6.92 Å². The van der Waals surface area contributed by atoms with Crippen molar-refractivity contribution in [2.75, 3.05) is 5.73 Å². The van der Waals surface area contributed by atoms with Gasteiger partial charge in [0.15, 0.2) is 5.75 Å². The van der Waals surface area contributed by atoms with Gasteiger partial charge in [-0.3, -0.25) is 4.79 Å². The highest BCUT2D eigenvalue weighted by molar-refractivity contribution is 6.37. The van der Waals surface area contributed by atoms with Gasteiger partial charge in [-0.2, -0.15) is 0 Å². The van der Waals surface area contributed by atoms with Crippen LogP contribution in [0.2, 0.25) is 10.0 Å². The Kier molecular flexibility index (Phi) is 4.44. The normalized spacial score (nSPS) is 11.0. The van der Waals surface area contributed by atoms with Gasteiger partial charge in [0.2, 0.25) is 5.88 Å². The van der Waals surface area contributed by atoms with Gasteiger partial charge >= 0.3 is 0 Å². The lowest BCUT2D eigenvalue weighted by molar-refractivity contribution is 0.442. The van der Waals surface area contributed by atoms with E-state index >= 15 is 0 Å². The van der Waals surface area contributed by atoms with Gasteiger partial charge in [-0.15, -0.1) is 0 Å². The van der Waals surface area contributed by atoms with Crippen LogP contribution in [-0.2, 0) is 0 Å². The van der Waals surface area contributed by atoms with Gasteiger partial charge in [-0.25, -0.2) is 4.98 Å². The highest BCUT2D eigenvalue weighted by atomic mass is 35.5. The molecule has 1 heterocycles. The van der Waals surface area contributed by atoms with Gasteiger partial charge in [0, 0.05) is 11.7 Å². The molecule has 7 heteroatoms. The SMILES string of the molecule is Cc1nc(Oc2c(Cl)cc(N)cc2Cl)cn(C(C)C)c1=O. The van der Waals surface area contributed by atoms with Crippen molar-refractivity contribution in [1.29, 1.82) is 0 Å². The maximum absolute atomic E-state index is 12.0.